The van der Waals surface area contributed by atoms with Crippen LogP contribution in [0.1, 0.15) is 21.5 Å². The van der Waals surface area contributed by atoms with Gasteiger partial charge in [0, 0.05) is 29.3 Å². The lowest BCUT2D eigenvalue weighted by atomic mass is 10.1. The predicted molar refractivity (Wildman–Crippen MR) is 85.5 cm³/mol. The summed E-state index contributed by atoms with van der Waals surface area (Å²) in [4.78, 5) is 14.1. The maximum atomic E-state index is 12.4. The Balaban J connectivity index is 2.11. The quantitative estimate of drug-likeness (QED) is 0.872. The van der Waals surface area contributed by atoms with Crippen LogP contribution in [0.4, 0.5) is 5.69 Å². The van der Waals surface area contributed by atoms with E-state index in [0.29, 0.717) is 12.1 Å². The summed E-state index contributed by atoms with van der Waals surface area (Å²) in [6.45, 7) is 2.54. The lowest BCUT2D eigenvalue weighted by Crippen LogP contribution is -2.26. The van der Waals surface area contributed by atoms with Crippen LogP contribution in [0.25, 0.3) is 0 Å². The first kappa shape index (κ1) is 14.6. The molecule has 0 unspecified atom stereocenters. The van der Waals surface area contributed by atoms with Crippen molar-refractivity contribution in [3.63, 3.8) is 0 Å². The fourth-order valence-electron chi connectivity index (χ4n) is 1.97. The Labute approximate surface area is 127 Å². The number of nitrogen functional groups attached to an aromatic ring is 1. The smallest absolute Gasteiger partial charge is 0.253 e. The number of carbonyl (C=O) groups excluding carboxylic acids is 1. The second kappa shape index (κ2) is 6.09. The largest absolute Gasteiger partial charge is 0.399 e. The van der Waals surface area contributed by atoms with Gasteiger partial charge in [-0.25, -0.2) is 0 Å². The van der Waals surface area contributed by atoms with Gasteiger partial charge in [0.25, 0.3) is 5.91 Å². The first-order chi connectivity index (χ1) is 9.47. The highest BCUT2D eigenvalue weighted by molar-refractivity contribution is 9.10. The van der Waals surface area contributed by atoms with Crippen LogP contribution in [-0.2, 0) is 6.54 Å². The van der Waals surface area contributed by atoms with Gasteiger partial charge in [-0.1, -0.05) is 28.1 Å². The molecule has 0 aromatic heterocycles. The summed E-state index contributed by atoms with van der Waals surface area (Å²) < 4.78 is 1.01. The highest BCUT2D eigenvalue weighted by Crippen LogP contribution is 2.18. The van der Waals surface area contributed by atoms with Gasteiger partial charge in [-0.05, 0) is 48.4 Å². The Morgan fingerprint density at radius 2 is 1.85 bits per heavy atom. The fourth-order valence-corrected chi connectivity index (χ4v) is 2.21. The first-order valence-corrected chi connectivity index (χ1v) is 7.12. The van der Waals surface area contributed by atoms with E-state index in [2.05, 4.69) is 15.9 Å². The molecule has 20 heavy (non-hydrogen) atoms. The van der Waals surface area contributed by atoms with Crippen molar-refractivity contribution in [3.8, 4) is 0 Å². The third-order valence-electron chi connectivity index (χ3n) is 3.15. The van der Waals surface area contributed by atoms with Crippen LogP contribution in [0, 0.1) is 6.92 Å². The van der Waals surface area contributed by atoms with E-state index in [-0.39, 0.29) is 5.91 Å². The first-order valence-electron chi connectivity index (χ1n) is 6.33. The Kier molecular flexibility index (Phi) is 4.45. The third-order valence-corrected chi connectivity index (χ3v) is 4.04. The van der Waals surface area contributed by atoms with Crippen LogP contribution in [0.5, 0.6) is 0 Å². The molecule has 0 spiro atoms. The van der Waals surface area contributed by atoms with Gasteiger partial charge < -0.3 is 10.6 Å². The molecule has 0 aliphatic carbocycles. The highest BCUT2D eigenvalue weighted by atomic mass is 79.9. The number of nitrogens with zero attached hydrogens (tertiary/aromatic N) is 1. The number of amides is 1. The van der Waals surface area contributed by atoms with E-state index in [1.807, 2.05) is 49.4 Å². The lowest BCUT2D eigenvalue weighted by molar-refractivity contribution is 0.0785. The number of nitrogens with two attached hydrogens (primary N) is 1. The van der Waals surface area contributed by atoms with Crippen LogP contribution < -0.4 is 5.73 Å². The second-order valence-corrected chi connectivity index (χ2v) is 5.72. The third kappa shape index (κ3) is 3.39. The second-order valence-electron chi connectivity index (χ2n) is 4.87. The molecular weight excluding hydrogens is 316 g/mol. The van der Waals surface area contributed by atoms with Crippen LogP contribution in [0.2, 0.25) is 0 Å². The molecule has 0 saturated carbocycles. The standard InChI is InChI=1S/C16H17BrN2O/c1-11-9-13(5-8-15(11)17)16(20)19(2)10-12-3-6-14(18)7-4-12/h3-9H,10,18H2,1-2H3. The van der Waals surface area contributed by atoms with E-state index < -0.39 is 0 Å². The van der Waals surface area contributed by atoms with Crippen LogP contribution in [0.3, 0.4) is 0 Å². The normalized spacial score (nSPS) is 10.3. The Bertz CT molecular complexity index is 623. The van der Waals surface area contributed by atoms with Gasteiger partial charge in [-0.15, -0.1) is 0 Å². The van der Waals surface area contributed by atoms with Crippen molar-refractivity contribution in [2.45, 2.75) is 13.5 Å². The molecule has 2 rings (SSSR count). The number of rotatable bonds is 3. The topological polar surface area (TPSA) is 46.3 Å². The summed E-state index contributed by atoms with van der Waals surface area (Å²) in [7, 11) is 1.80. The minimum absolute atomic E-state index is 0.0115. The molecule has 4 heteroatoms. The lowest BCUT2D eigenvalue weighted by Gasteiger charge is -2.18. The van der Waals surface area contributed by atoms with Crippen molar-refractivity contribution in [2.24, 2.45) is 0 Å². The molecule has 2 N–H and O–H groups in total. The summed E-state index contributed by atoms with van der Waals surface area (Å²) in [6, 6.07) is 13.2. The van der Waals surface area contributed by atoms with Crippen molar-refractivity contribution in [3.05, 3.63) is 63.6 Å². The molecule has 3 nitrogen and oxygen atoms in total. The Morgan fingerprint density at radius 1 is 1.20 bits per heavy atom. The molecule has 2 aromatic carbocycles. The van der Waals surface area contributed by atoms with Gasteiger partial charge in [0.2, 0.25) is 0 Å². The Hall–Kier alpha value is -1.81. The zero-order chi connectivity index (χ0) is 14.7. The zero-order valence-electron chi connectivity index (χ0n) is 11.6. The number of carbonyl (C=O) groups is 1. The van der Waals surface area contributed by atoms with Crippen LogP contribution >= 0.6 is 15.9 Å². The summed E-state index contributed by atoms with van der Waals surface area (Å²) in [5, 5.41) is 0. The van der Waals surface area contributed by atoms with Gasteiger partial charge >= 0.3 is 0 Å². The van der Waals surface area contributed by atoms with E-state index >= 15 is 0 Å². The molecule has 1 amide bonds. The van der Waals surface area contributed by atoms with Crippen molar-refractivity contribution >= 4 is 27.5 Å². The fraction of sp³-hybridized carbons (Fsp3) is 0.188. The molecule has 0 aliphatic heterocycles. The number of anilines is 1. The molecule has 0 radical (unpaired) electrons. The molecule has 104 valence electrons. The molecule has 0 heterocycles. The number of halogens is 1. The van der Waals surface area contributed by atoms with E-state index in [1.165, 1.54) is 0 Å². The summed E-state index contributed by atoms with van der Waals surface area (Å²) in [5.41, 5.74) is 9.19. The molecule has 0 bridgehead atoms. The molecular formula is C16H17BrN2O. The van der Waals surface area contributed by atoms with E-state index in [9.17, 15) is 4.79 Å². The number of aryl methyl sites for hydroxylation is 1. The van der Waals surface area contributed by atoms with Gasteiger partial charge in [0.15, 0.2) is 0 Å². The summed E-state index contributed by atoms with van der Waals surface area (Å²) >= 11 is 3.44. The average Bonchev–Trinajstić information content (AvgIpc) is 2.43. The molecule has 0 aliphatic rings. The van der Waals surface area contributed by atoms with E-state index in [4.69, 9.17) is 5.73 Å². The van der Waals surface area contributed by atoms with Crippen LogP contribution in [-0.4, -0.2) is 17.9 Å². The van der Waals surface area contributed by atoms with Gasteiger partial charge in [0.1, 0.15) is 0 Å². The number of benzene rings is 2. The minimum Gasteiger partial charge on any atom is -0.399 e. The SMILES string of the molecule is Cc1cc(C(=O)N(C)Cc2ccc(N)cc2)ccc1Br. The number of hydrogen-bond donors (Lipinski definition) is 1. The Morgan fingerprint density at radius 3 is 2.45 bits per heavy atom. The average molecular weight is 333 g/mol. The predicted octanol–water partition coefficient (Wildman–Crippen LogP) is 3.61. The molecule has 0 saturated heterocycles. The van der Waals surface area contributed by atoms with Crippen LogP contribution in [0.15, 0.2) is 46.9 Å². The summed E-state index contributed by atoms with van der Waals surface area (Å²) in [6.07, 6.45) is 0. The van der Waals surface area contributed by atoms with Gasteiger partial charge in [-0.2, -0.15) is 0 Å². The molecule has 2 aromatic rings. The van der Waals surface area contributed by atoms with Gasteiger partial charge in [0.05, 0.1) is 0 Å². The maximum Gasteiger partial charge on any atom is 0.253 e. The monoisotopic (exact) mass is 332 g/mol. The molecule has 0 fully saturated rings. The maximum absolute atomic E-state index is 12.4. The van der Waals surface area contributed by atoms with Gasteiger partial charge in [-0.3, -0.25) is 4.79 Å². The van der Waals surface area contributed by atoms with Crippen molar-refractivity contribution in [2.75, 3.05) is 12.8 Å². The van der Waals surface area contributed by atoms with Crippen molar-refractivity contribution in [1.82, 2.24) is 4.90 Å². The van der Waals surface area contributed by atoms with E-state index in [1.54, 1.807) is 11.9 Å². The minimum atomic E-state index is 0.0115. The summed E-state index contributed by atoms with van der Waals surface area (Å²) in [5.74, 6) is 0.0115. The van der Waals surface area contributed by atoms with E-state index in [0.717, 1.165) is 21.3 Å². The highest BCUT2D eigenvalue weighted by Gasteiger charge is 2.12. The number of hydrogen-bond acceptors (Lipinski definition) is 2. The van der Waals surface area contributed by atoms with Crippen molar-refractivity contribution < 1.29 is 4.79 Å². The zero-order valence-corrected chi connectivity index (χ0v) is 13.1. The van der Waals surface area contributed by atoms with Crippen molar-refractivity contribution in [1.29, 1.82) is 0 Å². The molecule has 0 atom stereocenters.